The number of aliphatic hydroxyl groups is 1. The Morgan fingerprint density at radius 2 is 1.77 bits per heavy atom. The number of ether oxygens (including phenoxy) is 2. The lowest BCUT2D eigenvalue weighted by molar-refractivity contribution is 0.0337. The molecule has 4 heterocycles. The van der Waals surface area contributed by atoms with Gasteiger partial charge in [-0.05, 0) is 60.7 Å². The van der Waals surface area contributed by atoms with Crippen molar-refractivity contribution in [2.24, 2.45) is 0 Å². The fourth-order valence-corrected chi connectivity index (χ4v) is 5.60. The number of piperidine rings is 1. The maximum atomic E-state index is 9.21. The molecular weight excluding hydrogens is 440 g/mol. The van der Waals surface area contributed by atoms with Crippen LogP contribution in [0.15, 0.2) is 48.7 Å². The molecule has 0 spiro atoms. The van der Waals surface area contributed by atoms with Gasteiger partial charge in [-0.1, -0.05) is 30.3 Å². The van der Waals surface area contributed by atoms with Crippen LogP contribution < -0.4 is 4.74 Å². The van der Waals surface area contributed by atoms with Gasteiger partial charge in [-0.3, -0.25) is 9.47 Å². The predicted molar refractivity (Wildman–Crippen MR) is 135 cm³/mol. The second kappa shape index (κ2) is 10.1. The number of rotatable bonds is 6. The number of fused-ring (bicyclic) bond motifs is 3. The van der Waals surface area contributed by atoms with Crippen LogP contribution in [-0.4, -0.2) is 77.0 Å². The summed E-state index contributed by atoms with van der Waals surface area (Å²) >= 11 is 0. The molecule has 3 aromatic rings. The fourth-order valence-electron chi connectivity index (χ4n) is 5.60. The molecule has 1 aromatic heterocycles. The molecule has 1 N–H and O–H groups in total. The third kappa shape index (κ3) is 4.86. The lowest BCUT2D eigenvalue weighted by Gasteiger charge is -2.31. The van der Waals surface area contributed by atoms with E-state index in [9.17, 15) is 5.11 Å². The zero-order valence-electron chi connectivity index (χ0n) is 20.2. The van der Waals surface area contributed by atoms with Gasteiger partial charge in [0, 0.05) is 32.4 Å². The summed E-state index contributed by atoms with van der Waals surface area (Å²) in [6.07, 6.45) is 4.45. The minimum atomic E-state index is 0.246. The first-order valence-electron chi connectivity index (χ1n) is 12.8. The molecule has 0 radical (unpaired) electrons. The van der Waals surface area contributed by atoms with Crippen LogP contribution >= 0.6 is 0 Å². The summed E-state index contributed by atoms with van der Waals surface area (Å²) < 4.78 is 13.8. The highest BCUT2D eigenvalue weighted by molar-refractivity contribution is 5.69. The van der Waals surface area contributed by atoms with Crippen molar-refractivity contribution in [1.29, 1.82) is 0 Å². The predicted octanol–water partition coefficient (Wildman–Crippen LogP) is 3.44. The largest absolute Gasteiger partial charge is 0.483 e. The number of hydrogen-bond acceptors (Lipinski definition) is 6. The Morgan fingerprint density at radius 3 is 2.60 bits per heavy atom. The number of nitrogens with zero attached hydrogens (tertiary/aromatic N) is 4. The summed E-state index contributed by atoms with van der Waals surface area (Å²) in [5.74, 6) is 2.45. The molecular formula is C28H34N4O3. The first kappa shape index (κ1) is 22.7. The van der Waals surface area contributed by atoms with E-state index in [2.05, 4.69) is 63.0 Å². The van der Waals surface area contributed by atoms with E-state index < -0.39 is 0 Å². The van der Waals surface area contributed by atoms with E-state index in [0.29, 0.717) is 12.5 Å². The van der Waals surface area contributed by atoms with Crippen LogP contribution in [0.5, 0.6) is 5.75 Å². The Balaban J connectivity index is 1.20. The smallest absolute Gasteiger partial charge is 0.151 e. The van der Waals surface area contributed by atoms with E-state index in [1.807, 2.05) is 0 Å². The lowest BCUT2D eigenvalue weighted by atomic mass is 9.88. The van der Waals surface area contributed by atoms with E-state index in [4.69, 9.17) is 14.5 Å². The molecule has 7 heteroatoms. The fraction of sp³-hybridized carbons (Fsp3) is 0.464. The molecule has 0 aliphatic carbocycles. The SMILES string of the molecule is OCCN1CCC(c2cccc(-c3ccc4c(c3)OCc3nc(CN5CCOCC5)cn3-4)c2)CC1. The topological polar surface area (TPSA) is 63.0 Å². The van der Waals surface area contributed by atoms with Crippen LogP contribution in [-0.2, 0) is 17.9 Å². The number of aliphatic hydroxyl groups excluding tert-OH is 1. The van der Waals surface area contributed by atoms with Crippen LogP contribution in [0.1, 0.15) is 35.8 Å². The monoisotopic (exact) mass is 474 g/mol. The van der Waals surface area contributed by atoms with Crippen molar-refractivity contribution in [2.75, 3.05) is 52.5 Å². The Kier molecular flexibility index (Phi) is 6.57. The van der Waals surface area contributed by atoms with Gasteiger partial charge in [0.05, 0.1) is 31.2 Å². The van der Waals surface area contributed by atoms with Crippen molar-refractivity contribution < 1.29 is 14.6 Å². The highest BCUT2D eigenvalue weighted by atomic mass is 16.5. The van der Waals surface area contributed by atoms with Crippen molar-refractivity contribution in [1.82, 2.24) is 19.4 Å². The third-order valence-corrected chi connectivity index (χ3v) is 7.59. The molecule has 0 bridgehead atoms. The minimum absolute atomic E-state index is 0.246. The summed E-state index contributed by atoms with van der Waals surface area (Å²) in [4.78, 5) is 9.60. The highest BCUT2D eigenvalue weighted by Crippen LogP contribution is 2.36. The number of benzene rings is 2. The zero-order chi connectivity index (χ0) is 23.6. The second-order valence-electron chi connectivity index (χ2n) is 9.84. The molecule has 0 unspecified atom stereocenters. The molecule has 0 atom stereocenters. The van der Waals surface area contributed by atoms with Gasteiger partial charge < -0.3 is 19.5 Å². The molecule has 2 aromatic carbocycles. The third-order valence-electron chi connectivity index (χ3n) is 7.59. The molecule has 0 amide bonds. The Hall–Kier alpha value is -2.71. The highest BCUT2D eigenvalue weighted by Gasteiger charge is 2.23. The number of imidazole rings is 1. The molecule has 3 aliphatic heterocycles. The normalized spacial score (nSPS) is 19.2. The Labute approximate surface area is 206 Å². The van der Waals surface area contributed by atoms with E-state index in [1.165, 1.54) is 16.7 Å². The van der Waals surface area contributed by atoms with Gasteiger partial charge in [0.25, 0.3) is 0 Å². The summed E-state index contributed by atoms with van der Waals surface area (Å²) in [5.41, 5.74) is 5.97. The van der Waals surface area contributed by atoms with E-state index in [-0.39, 0.29) is 6.61 Å². The lowest BCUT2D eigenvalue weighted by Crippen LogP contribution is -2.35. The van der Waals surface area contributed by atoms with Crippen LogP contribution in [0, 0.1) is 0 Å². The minimum Gasteiger partial charge on any atom is -0.483 e. The molecule has 7 nitrogen and oxygen atoms in total. The summed E-state index contributed by atoms with van der Waals surface area (Å²) in [7, 11) is 0. The van der Waals surface area contributed by atoms with E-state index >= 15 is 0 Å². The molecule has 3 aliphatic rings. The average molecular weight is 475 g/mol. The summed E-state index contributed by atoms with van der Waals surface area (Å²) in [6, 6.07) is 15.5. The van der Waals surface area contributed by atoms with Gasteiger partial charge in [-0.2, -0.15) is 0 Å². The summed E-state index contributed by atoms with van der Waals surface area (Å²) in [5, 5.41) is 9.21. The first-order valence-corrected chi connectivity index (χ1v) is 12.8. The van der Waals surface area contributed by atoms with Crippen molar-refractivity contribution in [3.63, 3.8) is 0 Å². The molecule has 2 fully saturated rings. The van der Waals surface area contributed by atoms with Crippen LogP contribution in [0.4, 0.5) is 0 Å². The van der Waals surface area contributed by atoms with Gasteiger partial charge in [-0.25, -0.2) is 4.98 Å². The maximum Gasteiger partial charge on any atom is 0.151 e. The van der Waals surface area contributed by atoms with Gasteiger partial charge in [-0.15, -0.1) is 0 Å². The number of morpholine rings is 1. The van der Waals surface area contributed by atoms with E-state index in [0.717, 1.165) is 88.3 Å². The van der Waals surface area contributed by atoms with Crippen molar-refractivity contribution in [2.45, 2.75) is 31.9 Å². The number of hydrogen-bond donors (Lipinski definition) is 1. The van der Waals surface area contributed by atoms with Gasteiger partial charge in [0.2, 0.25) is 0 Å². The van der Waals surface area contributed by atoms with Gasteiger partial charge in [0.1, 0.15) is 12.4 Å². The first-order chi connectivity index (χ1) is 17.3. The second-order valence-corrected chi connectivity index (χ2v) is 9.84. The average Bonchev–Trinajstić information content (AvgIpc) is 3.32. The van der Waals surface area contributed by atoms with Crippen LogP contribution in [0.25, 0.3) is 16.8 Å². The van der Waals surface area contributed by atoms with E-state index in [1.54, 1.807) is 0 Å². The maximum absolute atomic E-state index is 9.21. The number of aromatic nitrogens is 2. The summed E-state index contributed by atoms with van der Waals surface area (Å²) in [6.45, 7) is 8.00. The van der Waals surface area contributed by atoms with Crippen molar-refractivity contribution in [3.05, 3.63) is 65.7 Å². The van der Waals surface area contributed by atoms with Crippen LogP contribution in [0.3, 0.4) is 0 Å². The van der Waals surface area contributed by atoms with Crippen molar-refractivity contribution >= 4 is 0 Å². The number of β-amino-alcohol motifs (C(OH)–C–C–N with tert-alkyl or cyclic N) is 1. The number of likely N-dealkylation sites (tertiary alicyclic amines) is 1. The molecule has 2 saturated heterocycles. The van der Waals surface area contributed by atoms with Crippen molar-refractivity contribution in [3.8, 4) is 22.6 Å². The molecule has 184 valence electrons. The van der Waals surface area contributed by atoms with Gasteiger partial charge >= 0.3 is 0 Å². The Bertz CT molecular complexity index is 1160. The standard InChI is InChI=1S/C28H34N4O3/c33-13-10-30-8-6-21(7-9-30)22-2-1-3-23(16-22)24-4-5-26-27(17-24)35-20-28-29-25(19-32(26)28)18-31-11-14-34-15-12-31/h1-5,16-17,19,21,33H,6-15,18,20H2. The zero-order valence-corrected chi connectivity index (χ0v) is 20.2. The Morgan fingerprint density at radius 1 is 0.943 bits per heavy atom. The molecule has 6 rings (SSSR count). The molecule has 0 saturated carbocycles. The molecule has 35 heavy (non-hydrogen) atoms. The quantitative estimate of drug-likeness (QED) is 0.591. The van der Waals surface area contributed by atoms with Crippen LogP contribution in [0.2, 0.25) is 0 Å². The van der Waals surface area contributed by atoms with Gasteiger partial charge in [0.15, 0.2) is 5.82 Å².